The number of imidazole rings is 1. The third kappa shape index (κ3) is 3.01. The van der Waals surface area contributed by atoms with Crippen molar-refractivity contribution >= 4 is 23.3 Å². The number of carbonyl (C=O) groups is 1. The summed E-state index contributed by atoms with van der Waals surface area (Å²) in [6.45, 7) is 1.48. The molecule has 18 heavy (non-hydrogen) atoms. The molecule has 1 aromatic heterocycles. The van der Waals surface area contributed by atoms with E-state index >= 15 is 0 Å². The van der Waals surface area contributed by atoms with Crippen LogP contribution in [0.2, 0.25) is 5.02 Å². The van der Waals surface area contributed by atoms with E-state index in [1.54, 1.807) is 24.7 Å². The Hall–Kier alpha value is -2.01. The molecule has 0 aliphatic rings. The van der Waals surface area contributed by atoms with Crippen molar-refractivity contribution in [3.05, 3.63) is 47.5 Å². The van der Waals surface area contributed by atoms with Crippen molar-refractivity contribution in [2.45, 2.75) is 6.54 Å². The van der Waals surface area contributed by atoms with Crippen LogP contribution in [0.3, 0.4) is 0 Å². The van der Waals surface area contributed by atoms with E-state index in [1.165, 1.54) is 6.07 Å². The first-order valence-electron chi connectivity index (χ1n) is 5.39. The van der Waals surface area contributed by atoms with Crippen molar-refractivity contribution in [2.75, 3.05) is 11.9 Å². The van der Waals surface area contributed by atoms with Gasteiger partial charge >= 0.3 is 5.97 Å². The summed E-state index contributed by atoms with van der Waals surface area (Å²) in [4.78, 5) is 14.7. The summed E-state index contributed by atoms with van der Waals surface area (Å²) in [6, 6.07) is 4.80. The van der Waals surface area contributed by atoms with Gasteiger partial charge in [0, 0.05) is 31.2 Å². The molecule has 0 spiro atoms. The molecule has 94 valence electrons. The maximum Gasteiger partial charge on any atom is 0.337 e. The van der Waals surface area contributed by atoms with Crippen molar-refractivity contribution < 1.29 is 9.90 Å². The van der Waals surface area contributed by atoms with Crippen LogP contribution in [0.5, 0.6) is 0 Å². The minimum Gasteiger partial charge on any atom is -0.478 e. The number of aromatic carboxylic acids is 1. The van der Waals surface area contributed by atoms with Gasteiger partial charge in [-0.1, -0.05) is 11.6 Å². The fourth-order valence-electron chi connectivity index (χ4n) is 1.55. The minimum absolute atomic E-state index is 0.108. The highest BCUT2D eigenvalue weighted by molar-refractivity contribution is 6.33. The van der Waals surface area contributed by atoms with Crippen molar-refractivity contribution in [1.82, 2.24) is 9.55 Å². The first kappa shape index (κ1) is 12.4. The predicted octanol–water partition coefficient (Wildman–Crippen LogP) is 2.35. The molecule has 2 rings (SSSR count). The van der Waals surface area contributed by atoms with Gasteiger partial charge in [-0.3, -0.25) is 0 Å². The Morgan fingerprint density at radius 2 is 2.33 bits per heavy atom. The second kappa shape index (κ2) is 5.55. The number of anilines is 1. The topological polar surface area (TPSA) is 67.2 Å². The molecule has 6 heteroatoms. The molecule has 0 atom stereocenters. The summed E-state index contributed by atoms with van der Waals surface area (Å²) in [6.07, 6.45) is 5.34. The molecule has 0 amide bonds. The van der Waals surface area contributed by atoms with Gasteiger partial charge in [0.25, 0.3) is 0 Å². The predicted molar refractivity (Wildman–Crippen MR) is 69.1 cm³/mol. The van der Waals surface area contributed by atoms with Crippen molar-refractivity contribution in [3.63, 3.8) is 0 Å². The maximum atomic E-state index is 10.8. The van der Waals surface area contributed by atoms with E-state index in [9.17, 15) is 4.79 Å². The first-order chi connectivity index (χ1) is 8.66. The fraction of sp³-hybridized carbons (Fsp3) is 0.167. The Labute approximate surface area is 109 Å². The average molecular weight is 266 g/mol. The number of benzene rings is 1. The third-order valence-corrected chi connectivity index (χ3v) is 2.77. The van der Waals surface area contributed by atoms with Crippen LogP contribution in [-0.2, 0) is 6.54 Å². The highest BCUT2D eigenvalue weighted by atomic mass is 35.5. The molecule has 1 aromatic carbocycles. The van der Waals surface area contributed by atoms with Crippen LogP contribution in [0.1, 0.15) is 10.4 Å². The summed E-state index contributed by atoms with van der Waals surface area (Å²) >= 11 is 5.87. The smallest absolute Gasteiger partial charge is 0.337 e. The molecule has 0 aliphatic heterocycles. The number of hydrogen-bond acceptors (Lipinski definition) is 3. The molecule has 0 saturated heterocycles. The summed E-state index contributed by atoms with van der Waals surface area (Å²) in [5, 5.41) is 12.2. The largest absolute Gasteiger partial charge is 0.478 e. The van der Waals surface area contributed by atoms with Crippen LogP contribution in [0.15, 0.2) is 36.9 Å². The molecule has 0 fully saturated rings. The Bertz CT molecular complexity index is 540. The molecule has 2 aromatic rings. The van der Waals surface area contributed by atoms with Gasteiger partial charge in [0.05, 0.1) is 16.9 Å². The Morgan fingerprint density at radius 3 is 2.94 bits per heavy atom. The highest BCUT2D eigenvalue weighted by Crippen LogP contribution is 2.20. The van der Waals surface area contributed by atoms with Gasteiger partial charge in [0.1, 0.15) is 0 Å². The molecule has 5 nitrogen and oxygen atoms in total. The third-order valence-electron chi connectivity index (χ3n) is 2.46. The SMILES string of the molecule is O=C(O)c1ccc(NCCn2ccnc2)cc1Cl. The number of carboxylic acids is 1. The molecule has 0 bridgehead atoms. The van der Waals surface area contributed by atoms with Crippen molar-refractivity contribution in [1.29, 1.82) is 0 Å². The lowest BCUT2D eigenvalue weighted by Gasteiger charge is -2.08. The summed E-state index contributed by atoms with van der Waals surface area (Å²) in [5.41, 5.74) is 0.905. The molecule has 2 N–H and O–H groups in total. The average Bonchev–Trinajstić information content (AvgIpc) is 2.81. The lowest BCUT2D eigenvalue weighted by Crippen LogP contribution is -2.09. The van der Waals surface area contributed by atoms with Gasteiger partial charge in [-0.2, -0.15) is 0 Å². The van der Waals surface area contributed by atoms with Gasteiger partial charge in [0.15, 0.2) is 0 Å². The lowest BCUT2D eigenvalue weighted by atomic mass is 10.2. The van der Waals surface area contributed by atoms with Gasteiger partial charge in [-0.15, -0.1) is 0 Å². The zero-order chi connectivity index (χ0) is 13.0. The van der Waals surface area contributed by atoms with E-state index in [4.69, 9.17) is 16.7 Å². The molecule has 0 aliphatic carbocycles. The monoisotopic (exact) mass is 265 g/mol. The van der Waals surface area contributed by atoms with Crippen LogP contribution in [0, 0.1) is 0 Å². The van der Waals surface area contributed by atoms with Crippen LogP contribution in [0.25, 0.3) is 0 Å². The number of nitrogens with one attached hydrogen (secondary N) is 1. The molecule has 1 heterocycles. The number of halogens is 1. The van der Waals surface area contributed by atoms with E-state index in [-0.39, 0.29) is 10.6 Å². The molecule has 0 unspecified atom stereocenters. The quantitative estimate of drug-likeness (QED) is 0.871. The number of aromatic nitrogens is 2. The second-order valence-electron chi connectivity index (χ2n) is 3.73. The maximum absolute atomic E-state index is 10.8. The van der Waals surface area contributed by atoms with E-state index in [0.29, 0.717) is 6.54 Å². The highest BCUT2D eigenvalue weighted by Gasteiger charge is 2.08. The van der Waals surface area contributed by atoms with Gasteiger partial charge in [-0.25, -0.2) is 9.78 Å². The molecular formula is C12H12ClN3O2. The van der Waals surface area contributed by atoms with Gasteiger partial charge < -0.3 is 15.0 Å². The number of carboxylic acid groups (broad SMARTS) is 1. The first-order valence-corrected chi connectivity index (χ1v) is 5.77. The molecular weight excluding hydrogens is 254 g/mol. The van der Waals surface area contributed by atoms with Crippen LogP contribution < -0.4 is 5.32 Å². The summed E-state index contributed by atoms with van der Waals surface area (Å²) in [7, 11) is 0. The van der Waals surface area contributed by atoms with Crippen LogP contribution in [0.4, 0.5) is 5.69 Å². The van der Waals surface area contributed by atoms with Gasteiger partial charge in [-0.05, 0) is 18.2 Å². The van der Waals surface area contributed by atoms with E-state index in [0.717, 1.165) is 12.2 Å². The molecule has 0 radical (unpaired) electrons. The zero-order valence-corrected chi connectivity index (χ0v) is 10.3. The van der Waals surface area contributed by atoms with E-state index in [2.05, 4.69) is 10.3 Å². The van der Waals surface area contributed by atoms with E-state index < -0.39 is 5.97 Å². The Morgan fingerprint density at radius 1 is 1.50 bits per heavy atom. The van der Waals surface area contributed by atoms with Crippen LogP contribution >= 0.6 is 11.6 Å². The zero-order valence-electron chi connectivity index (χ0n) is 9.51. The van der Waals surface area contributed by atoms with Crippen molar-refractivity contribution in [3.8, 4) is 0 Å². The lowest BCUT2D eigenvalue weighted by molar-refractivity contribution is 0.0697. The normalized spacial score (nSPS) is 10.3. The second-order valence-corrected chi connectivity index (χ2v) is 4.13. The summed E-state index contributed by atoms with van der Waals surface area (Å²) in [5.74, 6) is -1.02. The van der Waals surface area contributed by atoms with Crippen LogP contribution in [-0.4, -0.2) is 27.2 Å². The number of hydrogen-bond donors (Lipinski definition) is 2. The minimum atomic E-state index is -1.02. The standard InChI is InChI=1S/C12H12ClN3O2/c13-11-7-9(1-2-10(11)12(17)18)15-4-6-16-5-3-14-8-16/h1-3,5,7-8,15H,4,6H2,(H,17,18). The van der Waals surface area contributed by atoms with Crippen molar-refractivity contribution in [2.24, 2.45) is 0 Å². The fourth-order valence-corrected chi connectivity index (χ4v) is 1.81. The number of rotatable bonds is 5. The molecule has 0 saturated carbocycles. The Kier molecular flexibility index (Phi) is 3.84. The van der Waals surface area contributed by atoms with E-state index in [1.807, 2.05) is 10.8 Å². The number of nitrogens with zero attached hydrogens (tertiary/aromatic N) is 2. The van der Waals surface area contributed by atoms with Gasteiger partial charge in [0.2, 0.25) is 0 Å². The summed E-state index contributed by atoms with van der Waals surface area (Å²) < 4.78 is 1.94. The Balaban J connectivity index is 1.94.